The fourth-order valence-electron chi connectivity index (χ4n) is 1.85. The highest BCUT2D eigenvalue weighted by molar-refractivity contribution is 5.73. The first-order chi connectivity index (χ1) is 8.56. The van der Waals surface area contributed by atoms with Crippen molar-refractivity contribution in [2.75, 3.05) is 13.2 Å². The summed E-state index contributed by atoms with van der Waals surface area (Å²) in [6.45, 7) is 3.39. The molecule has 18 heavy (non-hydrogen) atoms. The van der Waals surface area contributed by atoms with Crippen LogP contribution in [0.5, 0.6) is 0 Å². The van der Waals surface area contributed by atoms with Crippen molar-refractivity contribution < 1.29 is 14.5 Å². The normalized spacial score (nSPS) is 13.7. The summed E-state index contributed by atoms with van der Waals surface area (Å²) in [5, 5.41) is 10.7. The van der Waals surface area contributed by atoms with Crippen LogP contribution in [0.3, 0.4) is 0 Å². The van der Waals surface area contributed by atoms with Crippen LogP contribution in [0.25, 0.3) is 0 Å². The molecule has 0 aliphatic rings. The quantitative estimate of drug-likeness (QED) is 0.441. The SMILES string of the molecule is CCOC(=O)[C@@H](C)[C@@H](C[N+](=O)[O-])c1ccccc1. The lowest BCUT2D eigenvalue weighted by Gasteiger charge is -2.19. The molecule has 0 bridgehead atoms. The Labute approximate surface area is 106 Å². The molecule has 0 aromatic heterocycles. The lowest BCUT2D eigenvalue weighted by atomic mass is 9.87. The molecule has 98 valence electrons. The van der Waals surface area contributed by atoms with Gasteiger partial charge in [-0.25, -0.2) is 0 Å². The van der Waals surface area contributed by atoms with Gasteiger partial charge in [-0.1, -0.05) is 37.3 Å². The number of carbonyl (C=O) groups excluding carboxylic acids is 1. The second-order valence-electron chi connectivity index (χ2n) is 4.07. The Morgan fingerprint density at radius 2 is 2.00 bits per heavy atom. The minimum atomic E-state index is -0.530. The molecule has 1 rings (SSSR count). The lowest BCUT2D eigenvalue weighted by molar-refractivity contribution is -0.484. The van der Waals surface area contributed by atoms with Crippen molar-refractivity contribution >= 4 is 5.97 Å². The summed E-state index contributed by atoms with van der Waals surface area (Å²) in [6, 6.07) is 9.04. The lowest BCUT2D eigenvalue weighted by Crippen LogP contribution is -2.27. The molecule has 0 N–H and O–H groups in total. The number of carbonyl (C=O) groups is 1. The third-order valence-electron chi connectivity index (χ3n) is 2.84. The van der Waals surface area contributed by atoms with Gasteiger partial charge < -0.3 is 4.74 Å². The number of hydrogen-bond acceptors (Lipinski definition) is 4. The number of nitro groups is 1. The summed E-state index contributed by atoms with van der Waals surface area (Å²) in [6.07, 6.45) is 0. The molecular weight excluding hydrogens is 234 g/mol. The molecule has 0 radical (unpaired) electrons. The van der Waals surface area contributed by atoms with Crippen LogP contribution in [0, 0.1) is 16.0 Å². The van der Waals surface area contributed by atoms with Crippen LogP contribution in [0.4, 0.5) is 0 Å². The predicted octanol–water partition coefficient (Wildman–Crippen LogP) is 2.25. The van der Waals surface area contributed by atoms with Gasteiger partial charge in [0, 0.05) is 4.92 Å². The van der Waals surface area contributed by atoms with Gasteiger partial charge in [-0.3, -0.25) is 14.9 Å². The van der Waals surface area contributed by atoms with E-state index in [1.807, 2.05) is 6.07 Å². The third-order valence-corrected chi connectivity index (χ3v) is 2.84. The number of benzene rings is 1. The van der Waals surface area contributed by atoms with E-state index in [1.54, 1.807) is 38.1 Å². The number of hydrogen-bond donors (Lipinski definition) is 0. The van der Waals surface area contributed by atoms with Crippen molar-refractivity contribution in [3.05, 3.63) is 46.0 Å². The number of rotatable bonds is 6. The zero-order valence-electron chi connectivity index (χ0n) is 10.5. The number of ether oxygens (including phenoxy) is 1. The van der Waals surface area contributed by atoms with Crippen LogP contribution in [-0.4, -0.2) is 24.0 Å². The standard InChI is InChI=1S/C13H17NO4/c1-3-18-13(15)10(2)12(9-14(16)17)11-7-5-4-6-8-11/h4-8,10,12H,3,9H2,1-2H3/t10-,12+/m0/s1. The van der Waals surface area contributed by atoms with E-state index < -0.39 is 22.7 Å². The fourth-order valence-corrected chi connectivity index (χ4v) is 1.85. The molecule has 0 fully saturated rings. The minimum absolute atomic E-state index is 0.274. The molecule has 5 nitrogen and oxygen atoms in total. The van der Waals surface area contributed by atoms with Crippen LogP contribution < -0.4 is 0 Å². The first-order valence-corrected chi connectivity index (χ1v) is 5.89. The van der Waals surface area contributed by atoms with Gasteiger partial charge in [0.2, 0.25) is 6.54 Å². The maximum atomic E-state index is 11.7. The van der Waals surface area contributed by atoms with E-state index in [0.29, 0.717) is 0 Å². The Bertz CT molecular complexity index is 405. The first kappa shape index (κ1) is 14.2. The summed E-state index contributed by atoms with van der Waals surface area (Å²) >= 11 is 0. The van der Waals surface area contributed by atoms with E-state index in [0.717, 1.165) is 5.56 Å². The van der Waals surface area contributed by atoms with E-state index in [9.17, 15) is 14.9 Å². The maximum Gasteiger partial charge on any atom is 0.309 e. The molecule has 0 saturated carbocycles. The average Bonchev–Trinajstić information content (AvgIpc) is 2.36. The molecule has 1 aromatic rings. The van der Waals surface area contributed by atoms with Crippen molar-refractivity contribution in [2.45, 2.75) is 19.8 Å². The Morgan fingerprint density at radius 3 is 2.50 bits per heavy atom. The highest BCUT2D eigenvalue weighted by atomic mass is 16.6. The van der Waals surface area contributed by atoms with Gasteiger partial charge in [-0.05, 0) is 12.5 Å². The molecule has 0 heterocycles. The third kappa shape index (κ3) is 3.84. The predicted molar refractivity (Wildman–Crippen MR) is 66.8 cm³/mol. The zero-order valence-corrected chi connectivity index (χ0v) is 10.5. The molecule has 2 atom stereocenters. The Balaban J connectivity index is 2.91. The summed E-state index contributed by atoms with van der Waals surface area (Å²) in [7, 11) is 0. The zero-order chi connectivity index (χ0) is 13.5. The van der Waals surface area contributed by atoms with Crippen LogP contribution in [-0.2, 0) is 9.53 Å². The average molecular weight is 251 g/mol. The maximum absolute atomic E-state index is 11.7. The van der Waals surface area contributed by atoms with E-state index in [1.165, 1.54) is 0 Å². The summed E-state index contributed by atoms with van der Waals surface area (Å²) in [5.41, 5.74) is 0.787. The Kier molecular flexibility index (Phi) is 5.30. The first-order valence-electron chi connectivity index (χ1n) is 5.89. The largest absolute Gasteiger partial charge is 0.466 e. The van der Waals surface area contributed by atoms with Gasteiger partial charge in [0.05, 0.1) is 18.4 Å². The highest BCUT2D eigenvalue weighted by Gasteiger charge is 2.30. The monoisotopic (exact) mass is 251 g/mol. The van der Waals surface area contributed by atoms with Gasteiger partial charge >= 0.3 is 5.97 Å². The van der Waals surface area contributed by atoms with E-state index >= 15 is 0 Å². The van der Waals surface area contributed by atoms with E-state index in [4.69, 9.17) is 4.74 Å². The Morgan fingerprint density at radius 1 is 1.39 bits per heavy atom. The fraction of sp³-hybridized carbons (Fsp3) is 0.462. The van der Waals surface area contributed by atoms with Gasteiger partial charge in [0.15, 0.2) is 0 Å². The van der Waals surface area contributed by atoms with Crippen LogP contribution in [0.1, 0.15) is 25.3 Å². The van der Waals surface area contributed by atoms with E-state index in [2.05, 4.69) is 0 Å². The second-order valence-corrected chi connectivity index (χ2v) is 4.07. The molecule has 0 aliphatic carbocycles. The summed E-state index contributed by atoms with van der Waals surface area (Å²) in [5.74, 6) is -1.38. The molecular formula is C13H17NO4. The van der Waals surface area contributed by atoms with Gasteiger partial charge in [-0.15, -0.1) is 0 Å². The molecule has 0 spiro atoms. The van der Waals surface area contributed by atoms with Gasteiger partial charge in [0.25, 0.3) is 0 Å². The van der Waals surface area contributed by atoms with Crippen molar-refractivity contribution in [1.82, 2.24) is 0 Å². The van der Waals surface area contributed by atoms with Crippen LogP contribution in [0.2, 0.25) is 0 Å². The Hall–Kier alpha value is -1.91. The smallest absolute Gasteiger partial charge is 0.309 e. The molecule has 0 unspecified atom stereocenters. The van der Waals surface area contributed by atoms with Crippen molar-refractivity contribution in [2.24, 2.45) is 5.92 Å². The molecule has 5 heteroatoms. The summed E-state index contributed by atoms with van der Waals surface area (Å²) < 4.78 is 4.93. The molecule has 0 amide bonds. The second kappa shape index (κ2) is 6.74. The summed E-state index contributed by atoms with van der Waals surface area (Å²) in [4.78, 5) is 22.0. The van der Waals surface area contributed by atoms with Crippen molar-refractivity contribution in [3.63, 3.8) is 0 Å². The minimum Gasteiger partial charge on any atom is -0.466 e. The van der Waals surface area contributed by atoms with Gasteiger partial charge in [0.1, 0.15) is 0 Å². The number of esters is 1. The van der Waals surface area contributed by atoms with Crippen molar-refractivity contribution in [3.8, 4) is 0 Å². The highest BCUT2D eigenvalue weighted by Crippen LogP contribution is 2.25. The van der Waals surface area contributed by atoms with E-state index in [-0.39, 0.29) is 13.2 Å². The van der Waals surface area contributed by atoms with Crippen LogP contribution in [0.15, 0.2) is 30.3 Å². The molecule has 0 aliphatic heterocycles. The molecule has 0 saturated heterocycles. The van der Waals surface area contributed by atoms with Crippen molar-refractivity contribution in [1.29, 1.82) is 0 Å². The van der Waals surface area contributed by atoms with Crippen LogP contribution >= 0.6 is 0 Å². The topological polar surface area (TPSA) is 69.4 Å². The number of nitrogens with zero attached hydrogens (tertiary/aromatic N) is 1. The van der Waals surface area contributed by atoms with Gasteiger partial charge in [-0.2, -0.15) is 0 Å². The molecule has 1 aromatic carbocycles.